The van der Waals surface area contributed by atoms with Crippen LogP contribution in [-0.4, -0.2) is 75.3 Å². The number of rotatable bonds is 8. The molecule has 2 aliphatic rings. The van der Waals surface area contributed by atoms with Crippen molar-refractivity contribution in [2.45, 2.75) is 44.0 Å². The lowest BCUT2D eigenvalue weighted by molar-refractivity contribution is -0.159. The van der Waals surface area contributed by atoms with Crippen molar-refractivity contribution in [1.82, 2.24) is 14.8 Å². The molecule has 226 valence electrons. The van der Waals surface area contributed by atoms with E-state index in [9.17, 15) is 8.78 Å². The van der Waals surface area contributed by atoms with Gasteiger partial charge in [-0.3, -0.25) is 9.80 Å². The van der Waals surface area contributed by atoms with Crippen molar-refractivity contribution < 1.29 is 33.3 Å². The molecular weight excluding hydrogens is 556 g/mol. The van der Waals surface area contributed by atoms with Gasteiger partial charge in [-0.25, -0.2) is 18.4 Å². The van der Waals surface area contributed by atoms with Crippen molar-refractivity contribution in [3.63, 3.8) is 0 Å². The third-order valence-electron chi connectivity index (χ3n) is 8.18. The summed E-state index contributed by atoms with van der Waals surface area (Å²) >= 11 is 0. The second-order valence-corrected chi connectivity index (χ2v) is 11.0. The van der Waals surface area contributed by atoms with Crippen molar-refractivity contribution >= 4 is 22.8 Å². The van der Waals surface area contributed by atoms with E-state index < -0.39 is 11.9 Å². The molecule has 4 aromatic rings. The molecule has 8 nitrogen and oxygen atoms in total. The van der Waals surface area contributed by atoms with Crippen LogP contribution in [0.2, 0.25) is 0 Å². The first-order chi connectivity index (χ1) is 20.8. The van der Waals surface area contributed by atoms with Gasteiger partial charge in [0, 0.05) is 42.9 Å². The Morgan fingerprint density at radius 1 is 0.860 bits per heavy atom. The van der Waals surface area contributed by atoms with E-state index in [4.69, 9.17) is 24.5 Å². The summed E-state index contributed by atoms with van der Waals surface area (Å²) in [4.78, 5) is 27.0. The first-order valence-corrected chi connectivity index (χ1v) is 14.4. The Hall–Kier alpha value is -4.12. The number of fused-ring (bicyclic) bond motifs is 3. The number of nitrogens with zero attached hydrogens (tertiary/aromatic N) is 2. The van der Waals surface area contributed by atoms with E-state index in [0.29, 0.717) is 18.7 Å². The van der Waals surface area contributed by atoms with E-state index in [1.54, 1.807) is 24.3 Å². The third kappa shape index (κ3) is 7.84. The lowest BCUT2D eigenvalue weighted by atomic mass is 10.0. The van der Waals surface area contributed by atoms with Crippen LogP contribution in [0, 0.1) is 11.6 Å². The molecule has 3 aromatic carbocycles. The summed E-state index contributed by atoms with van der Waals surface area (Å²) in [5, 5.41) is 16.1. The van der Waals surface area contributed by atoms with E-state index >= 15 is 0 Å². The largest absolute Gasteiger partial charge is 0.473 e. The number of carboxylic acids is 2. The fourth-order valence-corrected chi connectivity index (χ4v) is 6.08. The zero-order valence-corrected chi connectivity index (χ0v) is 23.7. The lowest BCUT2D eigenvalue weighted by Gasteiger charge is -2.29. The predicted octanol–water partition coefficient (Wildman–Crippen LogP) is 5.45. The van der Waals surface area contributed by atoms with Gasteiger partial charge in [0.15, 0.2) is 0 Å². The number of aromatic amines is 1. The van der Waals surface area contributed by atoms with Crippen LogP contribution < -0.4 is 0 Å². The summed E-state index contributed by atoms with van der Waals surface area (Å²) in [7, 11) is 0. The van der Waals surface area contributed by atoms with Crippen molar-refractivity contribution in [1.29, 1.82) is 0 Å². The SMILES string of the molecule is Fc1ccc(C(OCCN2CCC3CCC(C2)N3Cc2cc3ccccc3[nH]2)c2ccc(F)cc2)cc1.O=C(O)C(=O)O. The van der Waals surface area contributed by atoms with Crippen molar-refractivity contribution in [3.8, 4) is 0 Å². The van der Waals surface area contributed by atoms with Gasteiger partial charge in [0.2, 0.25) is 0 Å². The molecule has 0 saturated carbocycles. The smallest absolute Gasteiger partial charge is 0.414 e. The highest BCUT2D eigenvalue weighted by molar-refractivity contribution is 6.27. The molecule has 3 N–H and O–H groups in total. The minimum absolute atomic E-state index is 0.279. The summed E-state index contributed by atoms with van der Waals surface area (Å²) in [5.41, 5.74) is 4.23. The van der Waals surface area contributed by atoms with Gasteiger partial charge in [-0.2, -0.15) is 0 Å². The summed E-state index contributed by atoms with van der Waals surface area (Å²) in [6, 6.07) is 24.7. The number of H-pyrrole nitrogens is 1. The summed E-state index contributed by atoms with van der Waals surface area (Å²) < 4.78 is 33.4. The normalized spacial score (nSPS) is 18.8. The lowest BCUT2D eigenvalue weighted by Crippen LogP contribution is -2.39. The van der Waals surface area contributed by atoms with Gasteiger partial charge in [0.25, 0.3) is 0 Å². The summed E-state index contributed by atoms with van der Waals surface area (Å²) in [6.45, 7) is 4.45. The van der Waals surface area contributed by atoms with Crippen LogP contribution >= 0.6 is 0 Å². The number of carboxylic acid groups (broad SMARTS) is 2. The van der Waals surface area contributed by atoms with Crippen molar-refractivity contribution in [2.24, 2.45) is 0 Å². The molecule has 43 heavy (non-hydrogen) atoms. The predicted molar refractivity (Wildman–Crippen MR) is 158 cm³/mol. The van der Waals surface area contributed by atoms with Crippen molar-refractivity contribution in [2.75, 3.05) is 26.2 Å². The molecule has 3 heterocycles. The third-order valence-corrected chi connectivity index (χ3v) is 8.18. The molecule has 2 unspecified atom stereocenters. The second kappa shape index (κ2) is 13.9. The number of hydrogen-bond acceptors (Lipinski definition) is 5. The molecule has 6 rings (SSSR count). The summed E-state index contributed by atoms with van der Waals surface area (Å²) in [5.74, 6) is -4.21. The zero-order valence-electron chi connectivity index (χ0n) is 23.7. The Morgan fingerprint density at radius 3 is 2.07 bits per heavy atom. The molecule has 2 atom stereocenters. The van der Waals surface area contributed by atoms with E-state index in [2.05, 4.69) is 45.1 Å². The number of hydrogen-bond donors (Lipinski definition) is 3. The standard InChI is InChI=1S/C31H33F2N3O.C2H2O4/c32-25-9-5-22(6-10-25)31(23-7-11-26(33)12-8-23)37-18-17-35-16-15-28-13-14-29(21-35)36(28)20-27-19-24-3-1-2-4-30(24)34-27;3-1(4)2(5)6/h1-12,19,28-29,31,34H,13-18,20-21H2;(H,3,4)(H,5,6). The molecule has 0 radical (unpaired) electrons. The Kier molecular flexibility index (Phi) is 9.81. The summed E-state index contributed by atoms with van der Waals surface area (Å²) in [6.07, 6.45) is 3.31. The van der Waals surface area contributed by atoms with Crippen LogP contribution in [0.3, 0.4) is 0 Å². The molecule has 0 spiro atoms. The highest BCUT2D eigenvalue weighted by Gasteiger charge is 2.37. The van der Waals surface area contributed by atoms with Crippen LogP contribution in [0.1, 0.15) is 42.2 Å². The van der Waals surface area contributed by atoms with Crippen LogP contribution in [0.25, 0.3) is 10.9 Å². The average molecular weight is 592 g/mol. The molecule has 0 amide bonds. The van der Waals surface area contributed by atoms with Crippen molar-refractivity contribution in [3.05, 3.63) is 107 Å². The van der Waals surface area contributed by atoms with E-state index in [-0.39, 0.29) is 17.7 Å². The number of aromatic nitrogens is 1. The van der Waals surface area contributed by atoms with Crippen LogP contribution in [-0.2, 0) is 20.9 Å². The molecule has 10 heteroatoms. The number of ether oxygens (including phenoxy) is 1. The molecular formula is C33H35F2N3O5. The van der Waals surface area contributed by atoms with E-state index in [1.165, 1.54) is 53.7 Å². The number of aliphatic carboxylic acids is 2. The Morgan fingerprint density at radius 2 is 1.47 bits per heavy atom. The molecule has 2 aliphatic heterocycles. The Balaban J connectivity index is 0.000000559. The minimum atomic E-state index is -1.82. The van der Waals surface area contributed by atoms with Gasteiger partial charge in [0.05, 0.1) is 6.61 Å². The average Bonchev–Trinajstić information content (AvgIpc) is 3.52. The zero-order chi connectivity index (χ0) is 30.3. The second-order valence-electron chi connectivity index (χ2n) is 11.0. The quantitative estimate of drug-likeness (QED) is 0.234. The maximum Gasteiger partial charge on any atom is 0.414 e. The number of nitrogens with one attached hydrogen (secondary N) is 1. The maximum absolute atomic E-state index is 13.5. The number of halogens is 2. The number of para-hydroxylation sites is 1. The topological polar surface area (TPSA) is 106 Å². The van der Waals surface area contributed by atoms with Crippen LogP contribution in [0.5, 0.6) is 0 Å². The number of benzene rings is 3. The monoisotopic (exact) mass is 591 g/mol. The number of carbonyl (C=O) groups is 2. The number of likely N-dealkylation sites (tertiary alicyclic amines) is 1. The van der Waals surface area contributed by atoms with Gasteiger partial charge in [-0.1, -0.05) is 42.5 Å². The fraction of sp³-hybridized carbons (Fsp3) is 0.333. The van der Waals surface area contributed by atoms with Gasteiger partial charge in [0.1, 0.15) is 17.7 Å². The first-order valence-electron chi connectivity index (χ1n) is 14.4. The molecule has 2 fully saturated rings. The molecule has 1 aromatic heterocycles. The van der Waals surface area contributed by atoms with Gasteiger partial charge in [-0.15, -0.1) is 0 Å². The van der Waals surface area contributed by atoms with Gasteiger partial charge >= 0.3 is 11.9 Å². The highest BCUT2D eigenvalue weighted by Crippen LogP contribution is 2.32. The highest BCUT2D eigenvalue weighted by atomic mass is 19.1. The molecule has 2 bridgehead atoms. The minimum Gasteiger partial charge on any atom is -0.473 e. The maximum atomic E-state index is 13.5. The fourth-order valence-electron chi connectivity index (χ4n) is 6.08. The van der Waals surface area contributed by atoms with E-state index in [0.717, 1.165) is 43.7 Å². The Labute approximate surface area is 248 Å². The van der Waals surface area contributed by atoms with Crippen LogP contribution in [0.4, 0.5) is 8.78 Å². The first kappa shape index (κ1) is 30.3. The molecule has 0 aliphatic carbocycles. The Bertz CT molecular complexity index is 1440. The van der Waals surface area contributed by atoms with E-state index in [1.807, 2.05) is 0 Å². The molecule has 2 saturated heterocycles. The van der Waals surface area contributed by atoms with Gasteiger partial charge < -0.3 is 19.9 Å². The van der Waals surface area contributed by atoms with Gasteiger partial charge in [-0.05, 0) is 78.7 Å². The van der Waals surface area contributed by atoms with Crippen LogP contribution in [0.15, 0.2) is 78.9 Å².